The minimum Gasteiger partial charge on any atom is -0.456 e. The van der Waals surface area contributed by atoms with Crippen molar-refractivity contribution in [1.29, 1.82) is 0 Å². The van der Waals surface area contributed by atoms with Crippen LogP contribution in [0.5, 0.6) is 0 Å². The summed E-state index contributed by atoms with van der Waals surface area (Å²) in [7, 11) is 1.50. The van der Waals surface area contributed by atoms with E-state index in [1.165, 1.54) is 19.2 Å². The number of benzene rings is 1. The van der Waals surface area contributed by atoms with E-state index in [0.717, 1.165) is 12.1 Å². The van der Waals surface area contributed by atoms with E-state index >= 15 is 0 Å². The smallest absolute Gasteiger partial charge is 0.202 e. The summed E-state index contributed by atoms with van der Waals surface area (Å²) in [6.45, 7) is 0.237. The van der Waals surface area contributed by atoms with Gasteiger partial charge in [0.15, 0.2) is 5.76 Å². The molecule has 0 bridgehead atoms. The normalized spacial score (nSPS) is 10.7. The fourth-order valence-electron chi connectivity index (χ4n) is 1.70. The summed E-state index contributed by atoms with van der Waals surface area (Å²) in [5.41, 5.74) is -0.253. The van der Waals surface area contributed by atoms with Crippen LogP contribution in [0.1, 0.15) is 21.9 Å². The van der Waals surface area contributed by atoms with Gasteiger partial charge in [0.2, 0.25) is 5.78 Å². The molecular formula is C14H12F2O3. The molecule has 0 aliphatic rings. The Kier molecular flexibility index (Phi) is 4.06. The third-order valence-electron chi connectivity index (χ3n) is 2.62. The lowest BCUT2D eigenvalue weighted by molar-refractivity contribution is 0.0955. The Morgan fingerprint density at radius 3 is 2.53 bits per heavy atom. The van der Waals surface area contributed by atoms with Crippen LogP contribution in [0.4, 0.5) is 8.78 Å². The van der Waals surface area contributed by atoms with Crippen molar-refractivity contribution in [2.75, 3.05) is 7.11 Å². The zero-order valence-corrected chi connectivity index (χ0v) is 10.3. The van der Waals surface area contributed by atoms with Crippen molar-refractivity contribution >= 4 is 5.78 Å². The van der Waals surface area contributed by atoms with Crippen molar-refractivity contribution in [3.8, 4) is 0 Å². The Morgan fingerprint density at radius 2 is 1.89 bits per heavy atom. The van der Waals surface area contributed by atoms with Crippen LogP contribution in [0.3, 0.4) is 0 Å². The third-order valence-corrected chi connectivity index (χ3v) is 2.62. The molecule has 0 fully saturated rings. The fourth-order valence-corrected chi connectivity index (χ4v) is 1.70. The van der Waals surface area contributed by atoms with Crippen LogP contribution in [0.2, 0.25) is 0 Å². The number of furan rings is 1. The van der Waals surface area contributed by atoms with Crippen molar-refractivity contribution in [3.05, 3.63) is 59.1 Å². The van der Waals surface area contributed by atoms with Gasteiger partial charge in [-0.15, -0.1) is 0 Å². The van der Waals surface area contributed by atoms with Crippen LogP contribution in [0.25, 0.3) is 0 Å². The topological polar surface area (TPSA) is 39.4 Å². The Labute approximate surface area is 108 Å². The minimum atomic E-state index is -0.739. The van der Waals surface area contributed by atoms with Gasteiger partial charge in [0, 0.05) is 19.1 Å². The average Bonchev–Trinajstić information content (AvgIpc) is 2.83. The molecule has 0 saturated carbocycles. The lowest BCUT2D eigenvalue weighted by Crippen LogP contribution is -2.06. The highest BCUT2D eigenvalue weighted by Gasteiger charge is 2.17. The zero-order valence-electron chi connectivity index (χ0n) is 10.3. The molecule has 2 rings (SSSR count). The van der Waals surface area contributed by atoms with Crippen molar-refractivity contribution in [1.82, 2.24) is 0 Å². The molecular weight excluding hydrogens is 254 g/mol. The Hall–Kier alpha value is -2.01. The number of hydrogen-bond donors (Lipinski definition) is 0. The van der Waals surface area contributed by atoms with E-state index in [2.05, 4.69) is 0 Å². The number of Topliss-reactive ketones (excluding diaryl/α,β-unsaturated/α-hetero) is 1. The van der Waals surface area contributed by atoms with Crippen molar-refractivity contribution in [3.63, 3.8) is 0 Å². The highest BCUT2D eigenvalue weighted by Crippen LogP contribution is 2.17. The number of ether oxygens (including phenoxy) is 1. The molecule has 1 aromatic heterocycles. The van der Waals surface area contributed by atoms with Crippen LogP contribution >= 0.6 is 0 Å². The Balaban J connectivity index is 2.16. The van der Waals surface area contributed by atoms with Gasteiger partial charge in [-0.25, -0.2) is 8.78 Å². The van der Waals surface area contributed by atoms with Gasteiger partial charge < -0.3 is 9.15 Å². The maximum absolute atomic E-state index is 13.4. The molecule has 5 heteroatoms. The summed E-state index contributed by atoms with van der Waals surface area (Å²) in [4.78, 5) is 11.9. The fraction of sp³-hybridized carbons (Fsp3) is 0.214. The second-order valence-electron chi connectivity index (χ2n) is 4.00. The highest BCUT2D eigenvalue weighted by molar-refractivity contribution is 5.95. The van der Waals surface area contributed by atoms with Gasteiger partial charge in [-0.05, 0) is 24.3 Å². The molecule has 0 spiro atoms. The summed E-state index contributed by atoms with van der Waals surface area (Å²) in [5, 5.41) is 0. The van der Waals surface area contributed by atoms with Crippen LogP contribution in [0.15, 0.2) is 34.7 Å². The van der Waals surface area contributed by atoms with Crippen LogP contribution in [0, 0.1) is 11.6 Å². The summed E-state index contributed by atoms with van der Waals surface area (Å²) in [6, 6.07) is 6.54. The lowest BCUT2D eigenvalue weighted by Gasteiger charge is -2.02. The second kappa shape index (κ2) is 5.75. The number of carbonyl (C=O) groups is 1. The molecule has 1 heterocycles. The van der Waals surface area contributed by atoms with Gasteiger partial charge >= 0.3 is 0 Å². The largest absolute Gasteiger partial charge is 0.456 e. The second-order valence-corrected chi connectivity index (χ2v) is 4.00. The van der Waals surface area contributed by atoms with Crippen LogP contribution < -0.4 is 0 Å². The van der Waals surface area contributed by atoms with E-state index in [4.69, 9.17) is 9.15 Å². The molecule has 100 valence electrons. The lowest BCUT2D eigenvalue weighted by atomic mass is 10.1. The number of rotatable bonds is 5. The maximum atomic E-state index is 13.4. The first-order valence-electron chi connectivity index (χ1n) is 5.65. The van der Waals surface area contributed by atoms with Gasteiger partial charge in [-0.1, -0.05) is 6.07 Å². The van der Waals surface area contributed by atoms with Gasteiger partial charge in [0.25, 0.3) is 0 Å². The number of methoxy groups -OCH3 is 1. The van der Waals surface area contributed by atoms with Crippen molar-refractivity contribution in [2.24, 2.45) is 0 Å². The standard InChI is InChI=1S/C14H12F2O3/c1-18-8-9-5-6-14(19-9)13(17)7-10-11(15)3-2-4-12(10)16/h2-6H,7-8H2,1H3. The maximum Gasteiger partial charge on any atom is 0.202 e. The van der Waals surface area contributed by atoms with Crippen LogP contribution in [-0.4, -0.2) is 12.9 Å². The average molecular weight is 266 g/mol. The molecule has 0 aliphatic heterocycles. The number of carbonyl (C=O) groups excluding carboxylic acids is 1. The quantitative estimate of drug-likeness (QED) is 0.780. The number of halogens is 2. The van der Waals surface area contributed by atoms with Crippen molar-refractivity contribution in [2.45, 2.75) is 13.0 Å². The van der Waals surface area contributed by atoms with Gasteiger partial charge in [0.1, 0.15) is 24.0 Å². The molecule has 0 N–H and O–H groups in total. The molecule has 0 amide bonds. The molecule has 0 saturated heterocycles. The molecule has 2 aromatic rings. The van der Waals surface area contributed by atoms with Crippen molar-refractivity contribution < 1.29 is 22.7 Å². The molecule has 0 unspecified atom stereocenters. The molecule has 3 nitrogen and oxygen atoms in total. The SMILES string of the molecule is COCc1ccc(C(=O)Cc2c(F)cccc2F)o1. The predicted octanol–water partition coefficient (Wildman–Crippen LogP) is 3.13. The van der Waals surface area contributed by atoms with E-state index in [1.54, 1.807) is 6.07 Å². The third kappa shape index (κ3) is 3.06. The number of hydrogen-bond acceptors (Lipinski definition) is 3. The van der Waals surface area contributed by atoms with E-state index in [0.29, 0.717) is 5.76 Å². The first-order chi connectivity index (χ1) is 9.11. The molecule has 19 heavy (non-hydrogen) atoms. The summed E-state index contributed by atoms with van der Waals surface area (Å²) >= 11 is 0. The first-order valence-corrected chi connectivity index (χ1v) is 5.65. The highest BCUT2D eigenvalue weighted by atomic mass is 19.1. The Morgan fingerprint density at radius 1 is 1.21 bits per heavy atom. The van der Waals surface area contributed by atoms with Gasteiger partial charge in [-0.2, -0.15) is 0 Å². The van der Waals surface area contributed by atoms with E-state index in [9.17, 15) is 13.6 Å². The molecule has 0 atom stereocenters. The van der Waals surface area contributed by atoms with E-state index in [-0.39, 0.29) is 24.4 Å². The summed E-state index contributed by atoms with van der Waals surface area (Å²) < 4.78 is 36.9. The monoisotopic (exact) mass is 266 g/mol. The van der Waals surface area contributed by atoms with E-state index < -0.39 is 17.4 Å². The zero-order chi connectivity index (χ0) is 13.8. The first kappa shape index (κ1) is 13.4. The Bertz CT molecular complexity index is 570. The predicted molar refractivity (Wildman–Crippen MR) is 63.8 cm³/mol. The van der Waals surface area contributed by atoms with Crippen LogP contribution in [-0.2, 0) is 17.8 Å². The van der Waals surface area contributed by atoms with Gasteiger partial charge in [0.05, 0.1) is 0 Å². The van der Waals surface area contributed by atoms with E-state index in [1.807, 2.05) is 0 Å². The summed E-state index contributed by atoms with van der Waals surface area (Å²) in [6.07, 6.45) is -0.377. The molecule has 1 aromatic carbocycles. The summed E-state index contributed by atoms with van der Waals surface area (Å²) in [5.74, 6) is -1.41. The molecule has 0 radical (unpaired) electrons. The van der Waals surface area contributed by atoms with Gasteiger partial charge in [-0.3, -0.25) is 4.79 Å². The minimum absolute atomic E-state index is 0.0645. The molecule has 0 aliphatic carbocycles. The number of ketones is 1.